The van der Waals surface area contributed by atoms with Crippen molar-refractivity contribution in [2.75, 3.05) is 0 Å². The standard InChI is InChI=1S/C12H18OS/c1-2-5-10(13)12-8-9-6-3-4-7-11(9)14-12/h8,10,13H,2-7H2,1H3. The van der Waals surface area contributed by atoms with E-state index in [1.807, 2.05) is 11.3 Å². The fraction of sp³-hybridized carbons (Fsp3) is 0.667. The van der Waals surface area contributed by atoms with Crippen LogP contribution in [0.4, 0.5) is 0 Å². The molecule has 1 N–H and O–H groups in total. The van der Waals surface area contributed by atoms with Crippen molar-refractivity contribution < 1.29 is 5.11 Å². The Bertz CT molecular complexity index is 280. The zero-order valence-electron chi connectivity index (χ0n) is 8.75. The maximum Gasteiger partial charge on any atom is 0.0882 e. The number of aliphatic hydroxyl groups excluding tert-OH is 1. The number of hydrogen-bond donors (Lipinski definition) is 1. The summed E-state index contributed by atoms with van der Waals surface area (Å²) >= 11 is 1.83. The summed E-state index contributed by atoms with van der Waals surface area (Å²) in [5.74, 6) is 0. The van der Waals surface area contributed by atoms with Gasteiger partial charge in [0, 0.05) is 9.75 Å². The summed E-state index contributed by atoms with van der Waals surface area (Å²) in [7, 11) is 0. The van der Waals surface area contributed by atoms with E-state index < -0.39 is 0 Å². The van der Waals surface area contributed by atoms with Crippen molar-refractivity contribution >= 4 is 11.3 Å². The van der Waals surface area contributed by atoms with E-state index in [9.17, 15) is 5.11 Å². The molecule has 1 aromatic rings. The summed E-state index contributed by atoms with van der Waals surface area (Å²) < 4.78 is 0. The van der Waals surface area contributed by atoms with Gasteiger partial charge in [-0.3, -0.25) is 0 Å². The number of aryl methyl sites for hydroxylation is 2. The summed E-state index contributed by atoms with van der Waals surface area (Å²) in [5.41, 5.74) is 1.51. The third-order valence-electron chi connectivity index (χ3n) is 2.91. The summed E-state index contributed by atoms with van der Waals surface area (Å²) in [6.07, 6.45) is 6.87. The van der Waals surface area contributed by atoms with Gasteiger partial charge in [0.2, 0.25) is 0 Å². The highest BCUT2D eigenvalue weighted by molar-refractivity contribution is 7.12. The molecule has 1 nitrogen and oxygen atoms in total. The molecule has 1 unspecified atom stereocenters. The molecule has 1 aliphatic rings. The first-order chi connectivity index (χ1) is 6.81. The van der Waals surface area contributed by atoms with Gasteiger partial charge in [-0.15, -0.1) is 11.3 Å². The Hall–Kier alpha value is -0.340. The van der Waals surface area contributed by atoms with Crippen LogP contribution in [0.5, 0.6) is 0 Å². The SMILES string of the molecule is CCCC(O)c1cc2c(s1)CCCC2. The zero-order valence-corrected chi connectivity index (χ0v) is 9.57. The van der Waals surface area contributed by atoms with E-state index in [1.165, 1.54) is 41.0 Å². The maximum absolute atomic E-state index is 9.88. The fourth-order valence-electron chi connectivity index (χ4n) is 2.09. The summed E-state index contributed by atoms with van der Waals surface area (Å²) in [5, 5.41) is 9.88. The summed E-state index contributed by atoms with van der Waals surface area (Å²) in [4.78, 5) is 2.72. The predicted molar refractivity (Wildman–Crippen MR) is 60.8 cm³/mol. The molecule has 0 saturated heterocycles. The maximum atomic E-state index is 9.88. The van der Waals surface area contributed by atoms with Crippen molar-refractivity contribution in [2.45, 2.75) is 51.6 Å². The molecule has 0 aromatic carbocycles. The molecule has 1 heterocycles. The molecule has 0 amide bonds. The van der Waals surface area contributed by atoms with Gasteiger partial charge in [0.25, 0.3) is 0 Å². The zero-order chi connectivity index (χ0) is 9.97. The first-order valence-corrected chi connectivity index (χ1v) is 6.42. The minimum absolute atomic E-state index is 0.212. The third-order valence-corrected chi connectivity index (χ3v) is 4.24. The lowest BCUT2D eigenvalue weighted by Crippen LogP contribution is -1.96. The van der Waals surface area contributed by atoms with Gasteiger partial charge in [-0.25, -0.2) is 0 Å². The number of rotatable bonds is 3. The monoisotopic (exact) mass is 210 g/mol. The second-order valence-electron chi connectivity index (χ2n) is 4.11. The van der Waals surface area contributed by atoms with Crippen LogP contribution in [0.2, 0.25) is 0 Å². The lowest BCUT2D eigenvalue weighted by atomic mass is 9.99. The highest BCUT2D eigenvalue weighted by Gasteiger charge is 2.16. The lowest BCUT2D eigenvalue weighted by molar-refractivity contribution is 0.170. The normalized spacial score (nSPS) is 17.9. The lowest BCUT2D eigenvalue weighted by Gasteiger charge is -2.08. The quantitative estimate of drug-likeness (QED) is 0.810. The minimum Gasteiger partial charge on any atom is -0.388 e. The van der Waals surface area contributed by atoms with Crippen LogP contribution in [0, 0.1) is 0 Å². The van der Waals surface area contributed by atoms with E-state index in [2.05, 4.69) is 13.0 Å². The van der Waals surface area contributed by atoms with Crippen LogP contribution in [-0.4, -0.2) is 5.11 Å². The van der Waals surface area contributed by atoms with Crippen molar-refractivity contribution in [1.29, 1.82) is 0 Å². The molecule has 0 fully saturated rings. The Morgan fingerprint density at radius 3 is 2.93 bits per heavy atom. The Morgan fingerprint density at radius 1 is 1.43 bits per heavy atom. The minimum atomic E-state index is -0.212. The van der Waals surface area contributed by atoms with Gasteiger partial charge in [0.15, 0.2) is 0 Å². The molecule has 2 rings (SSSR count). The molecule has 0 spiro atoms. The van der Waals surface area contributed by atoms with Crippen LogP contribution in [0.25, 0.3) is 0 Å². The third kappa shape index (κ3) is 2.01. The Balaban J connectivity index is 2.15. The molecule has 14 heavy (non-hydrogen) atoms. The van der Waals surface area contributed by atoms with Crippen LogP contribution in [0.3, 0.4) is 0 Å². The Kier molecular flexibility index (Phi) is 3.24. The van der Waals surface area contributed by atoms with Gasteiger partial charge in [-0.2, -0.15) is 0 Å². The topological polar surface area (TPSA) is 20.2 Å². The van der Waals surface area contributed by atoms with Gasteiger partial charge in [-0.1, -0.05) is 13.3 Å². The van der Waals surface area contributed by atoms with Crippen LogP contribution in [0.15, 0.2) is 6.07 Å². The van der Waals surface area contributed by atoms with Crippen molar-refractivity contribution in [1.82, 2.24) is 0 Å². The van der Waals surface area contributed by atoms with Crippen molar-refractivity contribution in [3.63, 3.8) is 0 Å². The van der Waals surface area contributed by atoms with Crippen LogP contribution < -0.4 is 0 Å². The number of thiophene rings is 1. The molecule has 78 valence electrons. The number of aliphatic hydroxyl groups is 1. The molecule has 1 aromatic heterocycles. The molecule has 2 heteroatoms. The van der Waals surface area contributed by atoms with E-state index in [-0.39, 0.29) is 6.10 Å². The van der Waals surface area contributed by atoms with E-state index in [0.29, 0.717) is 0 Å². The first kappa shape index (κ1) is 10.2. The second kappa shape index (κ2) is 4.45. The largest absolute Gasteiger partial charge is 0.388 e. The molecule has 0 radical (unpaired) electrons. The van der Waals surface area contributed by atoms with E-state index >= 15 is 0 Å². The van der Waals surface area contributed by atoms with E-state index in [0.717, 1.165) is 12.8 Å². The van der Waals surface area contributed by atoms with Crippen LogP contribution in [-0.2, 0) is 12.8 Å². The van der Waals surface area contributed by atoms with Gasteiger partial charge in [-0.05, 0) is 43.7 Å². The van der Waals surface area contributed by atoms with Gasteiger partial charge in [0.1, 0.15) is 0 Å². The molecular weight excluding hydrogens is 192 g/mol. The van der Waals surface area contributed by atoms with Gasteiger partial charge >= 0.3 is 0 Å². The Labute approximate surface area is 89.8 Å². The van der Waals surface area contributed by atoms with Crippen molar-refractivity contribution in [3.05, 3.63) is 21.4 Å². The molecule has 0 bridgehead atoms. The molecular formula is C12H18OS. The molecule has 0 aliphatic heterocycles. The highest BCUT2D eigenvalue weighted by Crippen LogP contribution is 2.34. The predicted octanol–water partition coefficient (Wildman–Crippen LogP) is 3.46. The van der Waals surface area contributed by atoms with E-state index in [1.54, 1.807) is 0 Å². The average molecular weight is 210 g/mol. The first-order valence-electron chi connectivity index (χ1n) is 5.60. The molecule has 1 atom stereocenters. The van der Waals surface area contributed by atoms with Crippen molar-refractivity contribution in [2.24, 2.45) is 0 Å². The highest BCUT2D eigenvalue weighted by atomic mass is 32.1. The fourth-order valence-corrected chi connectivity index (χ4v) is 3.37. The molecule has 0 saturated carbocycles. The van der Waals surface area contributed by atoms with Crippen molar-refractivity contribution in [3.8, 4) is 0 Å². The van der Waals surface area contributed by atoms with Gasteiger partial charge < -0.3 is 5.11 Å². The number of hydrogen-bond acceptors (Lipinski definition) is 2. The van der Waals surface area contributed by atoms with Gasteiger partial charge in [0.05, 0.1) is 6.10 Å². The summed E-state index contributed by atoms with van der Waals surface area (Å²) in [6, 6.07) is 2.24. The average Bonchev–Trinajstić information content (AvgIpc) is 2.61. The van der Waals surface area contributed by atoms with Crippen LogP contribution in [0.1, 0.15) is 54.0 Å². The molecule has 1 aliphatic carbocycles. The number of fused-ring (bicyclic) bond motifs is 1. The summed E-state index contributed by atoms with van der Waals surface area (Å²) in [6.45, 7) is 2.12. The second-order valence-corrected chi connectivity index (χ2v) is 5.28. The van der Waals surface area contributed by atoms with Crippen LogP contribution >= 0.6 is 11.3 Å². The Morgan fingerprint density at radius 2 is 2.21 bits per heavy atom. The van der Waals surface area contributed by atoms with E-state index in [4.69, 9.17) is 0 Å². The smallest absolute Gasteiger partial charge is 0.0882 e.